The predicted octanol–water partition coefficient (Wildman–Crippen LogP) is 0.498. The van der Waals surface area contributed by atoms with E-state index in [-0.39, 0.29) is 11.6 Å². The van der Waals surface area contributed by atoms with Crippen LogP contribution in [0.5, 0.6) is 0 Å². The summed E-state index contributed by atoms with van der Waals surface area (Å²) < 4.78 is 1.65. The number of hydrogen-bond donors (Lipinski definition) is 2. The molecular weight excluding hydrogens is 222 g/mol. The molecule has 17 heavy (non-hydrogen) atoms. The lowest BCUT2D eigenvalue weighted by atomic mass is 10.3. The van der Waals surface area contributed by atoms with Gasteiger partial charge in [-0.3, -0.25) is 4.79 Å². The maximum Gasteiger partial charge on any atom is 0.356 e. The number of carboxylic acid groups (broad SMARTS) is 1. The van der Waals surface area contributed by atoms with Crippen LogP contribution in [0.2, 0.25) is 0 Å². The summed E-state index contributed by atoms with van der Waals surface area (Å²) in [5.41, 5.74) is 0.0225. The third-order valence-corrected chi connectivity index (χ3v) is 2.72. The van der Waals surface area contributed by atoms with E-state index < -0.39 is 5.97 Å². The van der Waals surface area contributed by atoms with Crippen LogP contribution in [-0.2, 0) is 11.3 Å². The summed E-state index contributed by atoms with van der Waals surface area (Å²) in [6, 6.07) is 0. The molecule has 1 saturated carbocycles. The topological polar surface area (TPSA) is 84.2 Å². The fourth-order valence-corrected chi connectivity index (χ4v) is 1.57. The van der Waals surface area contributed by atoms with Gasteiger partial charge in [-0.05, 0) is 18.8 Å². The standard InChI is InChI=1S/C11H15N3O3/c15-10(5-8-1-2-8)12-3-4-14-6-9(11(16)17)13-7-14/h6-8H,1-5H2,(H,12,15)(H,16,17). The zero-order valence-corrected chi connectivity index (χ0v) is 9.43. The minimum atomic E-state index is -1.04. The molecule has 0 saturated heterocycles. The predicted molar refractivity (Wildman–Crippen MR) is 59.5 cm³/mol. The summed E-state index contributed by atoms with van der Waals surface area (Å²) in [7, 11) is 0. The van der Waals surface area contributed by atoms with Crippen LogP contribution < -0.4 is 5.32 Å². The van der Waals surface area contributed by atoms with Gasteiger partial charge in [0.15, 0.2) is 5.69 Å². The van der Waals surface area contributed by atoms with Gasteiger partial charge < -0.3 is 15.0 Å². The molecule has 1 aliphatic carbocycles. The van der Waals surface area contributed by atoms with Crippen molar-refractivity contribution in [1.29, 1.82) is 0 Å². The van der Waals surface area contributed by atoms with Gasteiger partial charge in [-0.15, -0.1) is 0 Å². The maximum absolute atomic E-state index is 11.4. The Morgan fingerprint density at radius 3 is 2.88 bits per heavy atom. The van der Waals surface area contributed by atoms with Crippen molar-refractivity contribution in [2.45, 2.75) is 25.8 Å². The van der Waals surface area contributed by atoms with Crippen molar-refractivity contribution in [3.63, 3.8) is 0 Å². The van der Waals surface area contributed by atoms with E-state index in [0.29, 0.717) is 25.4 Å². The number of amides is 1. The van der Waals surface area contributed by atoms with Crippen LogP contribution in [0.3, 0.4) is 0 Å². The number of carbonyl (C=O) groups is 2. The van der Waals surface area contributed by atoms with Gasteiger partial charge in [0.2, 0.25) is 5.91 Å². The van der Waals surface area contributed by atoms with E-state index >= 15 is 0 Å². The maximum atomic E-state index is 11.4. The fraction of sp³-hybridized carbons (Fsp3) is 0.545. The Morgan fingerprint density at radius 2 is 2.29 bits per heavy atom. The summed E-state index contributed by atoms with van der Waals surface area (Å²) in [5.74, 6) is -0.380. The highest BCUT2D eigenvalue weighted by atomic mass is 16.4. The van der Waals surface area contributed by atoms with Crippen molar-refractivity contribution >= 4 is 11.9 Å². The molecule has 0 radical (unpaired) electrons. The van der Waals surface area contributed by atoms with Gasteiger partial charge in [0.25, 0.3) is 0 Å². The Bertz CT molecular complexity index is 423. The van der Waals surface area contributed by atoms with Gasteiger partial charge >= 0.3 is 5.97 Å². The van der Waals surface area contributed by atoms with E-state index in [2.05, 4.69) is 10.3 Å². The second kappa shape index (κ2) is 4.99. The molecule has 6 heteroatoms. The van der Waals surface area contributed by atoms with Gasteiger partial charge in [-0.1, -0.05) is 0 Å². The van der Waals surface area contributed by atoms with Crippen molar-refractivity contribution in [3.05, 3.63) is 18.2 Å². The Balaban J connectivity index is 1.69. The molecule has 1 fully saturated rings. The van der Waals surface area contributed by atoms with Crippen LogP contribution in [0, 0.1) is 5.92 Å². The summed E-state index contributed by atoms with van der Waals surface area (Å²) in [5, 5.41) is 11.5. The molecule has 1 aromatic rings. The number of hydrogen-bond acceptors (Lipinski definition) is 3. The van der Waals surface area contributed by atoms with E-state index in [1.807, 2.05) is 0 Å². The molecule has 92 valence electrons. The molecule has 0 bridgehead atoms. The Morgan fingerprint density at radius 1 is 1.53 bits per heavy atom. The highest BCUT2D eigenvalue weighted by Gasteiger charge is 2.23. The lowest BCUT2D eigenvalue weighted by molar-refractivity contribution is -0.121. The SMILES string of the molecule is O=C(CC1CC1)NCCn1cnc(C(=O)O)c1. The van der Waals surface area contributed by atoms with Crippen molar-refractivity contribution in [2.75, 3.05) is 6.54 Å². The van der Waals surface area contributed by atoms with E-state index in [1.165, 1.54) is 12.5 Å². The first-order valence-electron chi connectivity index (χ1n) is 5.67. The first-order chi connectivity index (χ1) is 8.15. The monoisotopic (exact) mass is 237 g/mol. The first kappa shape index (κ1) is 11.6. The Kier molecular flexibility index (Phi) is 3.41. The molecular formula is C11H15N3O3. The van der Waals surface area contributed by atoms with Crippen LogP contribution in [0.15, 0.2) is 12.5 Å². The summed E-state index contributed by atoms with van der Waals surface area (Å²) >= 11 is 0. The number of nitrogens with zero attached hydrogens (tertiary/aromatic N) is 2. The summed E-state index contributed by atoms with van der Waals surface area (Å²) in [6.45, 7) is 1.04. The number of nitrogens with one attached hydrogen (secondary N) is 1. The van der Waals surface area contributed by atoms with Gasteiger partial charge in [-0.2, -0.15) is 0 Å². The second-order valence-electron chi connectivity index (χ2n) is 4.30. The van der Waals surface area contributed by atoms with Crippen molar-refractivity contribution in [2.24, 2.45) is 5.92 Å². The number of rotatable bonds is 6. The van der Waals surface area contributed by atoms with Gasteiger partial charge in [0.05, 0.1) is 6.33 Å². The van der Waals surface area contributed by atoms with Gasteiger partial charge in [-0.25, -0.2) is 9.78 Å². The molecule has 2 rings (SSSR count). The van der Waals surface area contributed by atoms with Crippen LogP contribution >= 0.6 is 0 Å². The Hall–Kier alpha value is -1.85. The lowest BCUT2D eigenvalue weighted by Gasteiger charge is -2.04. The molecule has 6 nitrogen and oxygen atoms in total. The normalized spacial score (nSPS) is 14.6. The lowest BCUT2D eigenvalue weighted by Crippen LogP contribution is -2.27. The summed E-state index contributed by atoms with van der Waals surface area (Å²) in [6.07, 6.45) is 5.85. The van der Waals surface area contributed by atoms with Crippen LogP contribution in [0.1, 0.15) is 29.8 Å². The number of carbonyl (C=O) groups excluding carboxylic acids is 1. The highest BCUT2D eigenvalue weighted by molar-refractivity contribution is 5.84. The van der Waals surface area contributed by atoms with Crippen molar-refractivity contribution in [1.82, 2.24) is 14.9 Å². The van der Waals surface area contributed by atoms with Crippen molar-refractivity contribution < 1.29 is 14.7 Å². The Labute approximate surface area is 98.7 Å². The smallest absolute Gasteiger partial charge is 0.356 e. The second-order valence-corrected chi connectivity index (χ2v) is 4.30. The fourth-order valence-electron chi connectivity index (χ4n) is 1.57. The quantitative estimate of drug-likeness (QED) is 0.754. The number of aromatic nitrogens is 2. The van der Waals surface area contributed by atoms with Crippen LogP contribution in [-0.4, -0.2) is 33.1 Å². The van der Waals surface area contributed by atoms with E-state index in [1.54, 1.807) is 4.57 Å². The highest BCUT2D eigenvalue weighted by Crippen LogP contribution is 2.31. The zero-order valence-electron chi connectivity index (χ0n) is 9.43. The molecule has 1 heterocycles. The average molecular weight is 237 g/mol. The molecule has 2 N–H and O–H groups in total. The minimum absolute atomic E-state index is 0.0225. The average Bonchev–Trinajstić information content (AvgIpc) is 2.94. The largest absolute Gasteiger partial charge is 0.476 e. The molecule has 0 atom stereocenters. The van der Waals surface area contributed by atoms with Crippen molar-refractivity contribution in [3.8, 4) is 0 Å². The molecule has 1 aliphatic rings. The molecule has 1 amide bonds. The minimum Gasteiger partial charge on any atom is -0.476 e. The third-order valence-electron chi connectivity index (χ3n) is 2.72. The third kappa shape index (κ3) is 3.58. The summed E-state index contributed by atoms with van der Waals surface area (Å²) in [4.78, 5) is 25.7. The zero-order chi connectivity index (χ0) is 12.3. The van der Waals surface area contributed by atoms with E-state index in [4.69, 9.17) is 5.11 Å². The van der Waals surface area contributed by atoms with Crippen LogP contribution in [0.4, 0.5) is 0 Å². The first-order valence-corrected chi connectivity index (χ1v) is 5.67. The number of carboxylic acids is 1. The van der Waals surface area contributed by atoms with Gasteiger partial charge in [0.1, 0.15) is 0 Å². The molecule has 0 spiro atoms. The molecule has 0 aliphatic heterocycles. The van der Waals surface area contributed by atoms with Gasteiger partial charge in [0, 0.05) is 25.7 Å². The molecule has 0 unspecified atom stereocenters. The number of aromatic carboxylic acids is 1. The van der Waals surface area contributed by atoms with E-state index in [9.17, 15) is 9.59 Å². The van der Waals surface area contributed by atoms with E-state index in [0.717, 1.165) is 12.8 Å². The number of imidazole rings is 1. The molecule has 1 aromatic heterocycles. The molecule has 0 aromatic carbocycles. The van der Waals surface area contributed by atoms with Crippen LogP contribution in [0.25, 0.3) is 0 Å².